The number of nitrogens with zero attached hydrogens (tertiary/aromatic N) is 5. The Bertz CT molecular complexity index is 1070. The number of hydrogen-bond acceptors (Lipinski definition) is 7. The molecule has 2 saturated heterocycles. The summed E-state index contributed by atoms with van der Waals surface area (Å²) in [5.74, 6) is -0.693. The summed E-state index contributed by atoms with van der Waals surface area (Å²) in [6.07, 6.45) is -0.526. The molecule has 0 N–H and O–H groups in total. The van der Waals surface area contributed by atoms with E-state index in [1.54, 1.807) is 19.1 Å². The van der Waals surface area contributed by atoms with Gasteiger partial charge in [0.1, 0.15) is 12.3 Å². The molecule has 2 aromatic rings. The molecule has 2 aliphatic rings. The molecule has 34 heavy (non-hydrogen) atoms. The number of ether oxygens (including phenoxy) is 1. The van der Waals surface area contributed by atoms with Gasteiger partial charge in [-0.1, -0.05) is 0 Å². The van der Waals surface area contributed by atoms with E-state index in [2.05, 4.69) is 14.9 Å². The Balaban J connectivity index is 1.45. The van der Waals surface area contributed by atoms with E-state index in [0.717, 1.165) is 23.4 Å². The molecule has 4 heterocycles. The van der Waals surface area contributed by atoms with Crippen molar-refractivity contribution >= 4 is 17.4 Å². The van der Waals surface area contributed by atoms with Gasteiger partial charge in [-0.2, -0.15) is 13.2 Å². The highest BCUT2D eigenvalue weighted by Gasteiger charge is 2.47. The van der Waals surface area contributed by atoms with E-state index in [-0.39, 0.29) is 18.1 Å². The third-order valence-corrected chi connectivity index (χ3v) is 6.39. The van der Waals surface area contributed by atoms with Crippen LogP contribution in [0.25, 0.3) is 0 Å². The van der Waals surface area contributed by atoms with Crippen LogP contribution in [-0.2, 0) is 22.1 Å². The first kappa shape index (κ1) is 24.0. The monoisotopic (exact) mass is 479 g/mol. The maximum absolute atomic E-state index is 13.6. The Hall–Kier alpha value is -3.12. The lowest BCUT2D eigenvalue weighted by Gasteiger charge is -2.49. The number of rotatable bonds is 5. The molecular formula is C22H24F3N5O4. The minimum Gasteiger partial charge on any atom is -0.360 e. The largest absolute Gasteiger partial charge is 0.418 e. The van der Waals surface area contributed by atoms with Crippen LogP contribution in [0.1, 0.15) is 30.9 Å². The van der Waals surface area contributed by atoms with Gasteiger partial charge in [0, 0.05) is 25.8 Å². The Morgan fingerprint density at radius 1 is 1.26 bits per heavy atom. The average Bonchev–Trinajstić information content (AvgIpc) is 2.81. The molecule has 2 aromatic heterocycles. The molecule has 1 spiro atoms. The molecular weight excluding hydrogens is 455 g/mol. The molecule has 182 valence electrons. The molecule has 1 atom stereocenters. The Labute approximate surface area is 193 Å². The number of carbonyl (C=O) groups is 1. The minimum atomic E-state index is -4.62. The fourth-order valence-corrected chi connectivity index (χ4v) is 4.62. The first-order valence-corrected chi connectivity index (χ1v) is 10.9. The lowest BCUT2D eigenvalue weighted by Crippen LogP contribution is -2.62. The average molecular weight is 479 g/mol. The highest BCUT2D eigenvalue weighted by atomic mass is 19.4. The second-order valence-corrected chi connectivity index (χ2v) is 8.59. The summed E-state index contributed by atoms with van der Waals surface area (Å²) in [4.78, 5) is 34.4. The number of amides is 1. The highest BCUT2D eigenvalue weighted by Crippen LogP contribution is 2.40. The van der Waals surface area contributed by atoms with Crippen molar-refractivity contribution in [2.45, 2.75) is 44.1 Å². The molecule has 0 bridgehead atoms. The molecule has 0 radical (unpaired) electrons. The number of halogens is 3. The van der Waals surface area contributed by atoms with Crippen molar-refractivity contribution in [3.63, 3.8) is 0 Å². The van der Waals surface area contributed by atoms with Crippen molar-refractivity contribution < 1.29 is 27.6 Å². The van der Waals surface area contributed by atoms with Crippen molar-refractivity contribution in [2.24, 2.45) is 0 Å². The van der Waals surface area contributed by atoms with Crippen molar-refractivity contribution in [3.05, 3.63) is 58.0 Å². The van der Waals surface area contributed by atoms with Gasteiger partial charge in [0.2, 0.25) is 0 Å². The maximum Gasteiger partial charge on any atom is 0.418 e. The smallest absolute Gasteiger partial charge is 0.360 e. The Morgan fingerprint density at radius 2 is 2.00 bits per heavy atom. The van der Waals surface area contributed by atoms with E-state index in [0.29, 0.717) is 44.5 Å². The van der Waals surface area contributed by atoms with Gasteiger partial charge in [-0.25, -0.2) is 0 Å². The zero-order valence-corrected chi connectivity index (χ0v) is 18.5. The zero-order chi connectivity index (χ0) is 24.5. The third kappa shape index (κ3) is 4.87. The molecule has 4 rings (SSSR count). The first-order valence-electron chi connectivity index (χ1n) is 10.9. The summed E-state index contributed by atoms with van der Waals surface area (Å²) in [6, 6.07) is 4.21. The number of piperidine rings is 1. The van der Waals surface area contributed by atoms with Gasteiger partial charge >= 0.3 is 12.0 Å². The van der Waals surface area contributed by atoms with Crippen molar-refractivity contribution in [1.29, 1.82) is 0 Å². The number of nitro groups is 1. The number of likely N-dealkylation sites (tertiary alicyclic amines) is 1. The number of hydrogen-bond donors (Lipinski definition) is 0. The van der Waals surface area contributed by atoms with E-state index in [1.807, 2.05) is 0 Å². The van der Waals surface area contributed by atoms with Crippen molar-refractivity contribution in [2.75, 3.05) is 31.1 Å². The van der Waals surface area contributed by atoms with Gasteiger partial charge in [-0.05, 0) is 54.3 Å². The fourth-order valence-electron chi connectivity index (χ4n) is 4.62. The van der Waals surface area contributed by atoms with Crippen molar-refractivity contribution in [3.8, 4) is 0 Å². The summed E-state index contributed by atoms with van der Waals surface area (Å²) in [5.41, 5.74) is -1.40. The standard InChI is InChI=1S/C22H24F3N5O4/c1-15-20(31)29(18-13-26-9-4-17(18)22(23,24)25)14-21(34-15)6-11-28(12-7-21)10-5-16-3-2-8-27-19(16)30(32)33/h2-4,8-9,13,15H,5-7,10-12,14H2,1H3. The summed E-state index contributed by atoms with van der Waals surface area (Å²) < 4.78 is 46.7. The van der Waals surface area contributed by atoms with Crippen LogP contribution in [-0.4, -0.2) is 63.6 Å². The minimum absolute atomic E-state index is 0.00681. The molecule has 2 aliphatic heterocycles. The molecule has 2 fully saturated rings. The normalized spacial score (nSPS) is 21.1. The Kier molecular flexibility index (Phi) is 6.54. The molecule has 12 heteroatoms. The van der Waals surface area contributed by atoms with Crippen LogP contribution >= 0.6 is 0 Å². The summed E-state index contributed by atoms with van der Waals surface area (Å²) in [5, 5.41) is 11.2. The number of aromatic nitrogens is 2. The summed E-state index contributed by atoms with van der Waals surface area (Å²) in [7, 11) is 0. The van der Waals surface area contributed by atoms with Crippen LogP contribution in [0.3, 0.4) is 0 Å². The van der Waals surface area contributed by atoms with Crippen LogP contribution in [0, 0.1) is 10.1 Å². The van der Waals surface area contributed by atoms with Gasteiger partial charge in [-0.15, -0.1) is 0 Å². The number of pyridine rings is 2. The van der Waals surface area contributed by atoms with Crippen LogP contribution in [0.2, 0.25) is 0 Å². The van der Waals surface area contributed by atoms with Crippen LogP contribution in [0.15, 0.2) is 36.8 Å². The van der Waals surface area contributed by atoms with E-state index in [9.17, 15) is 28.1 Å². The quantitative estimate of drug-likeness (QED) is 0.479. The first-order chi connectivity index (χ1) is 16.1. The highest BCUT2D eigenvalue weighted by molar-refractivity contribution is 5.97. The second kappa shape index (κ2) is 9.26. The summed E-state index contributed by atoms with van der Waals surface area (Å²) in [6.45, 7) is 3.30. The van der Waals surface area contributed by atoms with Gasteiger partial charge in [0.25, 0.3) is 5.91 Å². The summed E-state index contributed by atoms with van der Waals surface area (Å²) >= 11 is 0. The predicted molar refractivity (Wildman–Crippen MR) is 115 cm³/mol. The molecule has 9 nitrogen and oxygen atoms in total. The maximum atomic E-state index is 13.6. The molecule has 0 saturated carbocycles. The molecule has 0 aliphatic carbocycles. The third-order valence-electron chi connectivity index (χ3n) is 6.39. The van der Waals surface area contributed by atoms with E-state index in [1.165, 1.54) is 6.20 Å². The van der Waals surface area contributed by atoms with E-state index in [4.69, 9.17) is 4.74 Å². The number of morpholine rings is 1. The topological polar surface area (TPSA) is 102 Å². The zero-order valence-electron chi connectivity index (χ0n) is 18.5. The lowest BCUT2D eigenvalue weighted by atomic mass is 9.88. The van der Waals surface area contributed by atoms with Gasteiger partial charge < -0.3 is 24.7 Å². The van der Waals surface area contributed by atoms with Gasteiger partial charge in [-0.3, -0.25) is 9.78 Å². The van der Waals surface area contributed by atoms with Crippen LogP contribution in [0.5, 0.6) is 0 Å². The van der Waals surface area contributed by atoms with E-state index < -0.39 is 34.3 Å². The Morgan fingerprint density at radius 3 is 2.68 bits per heavy atom. The van der Waals surface area contributed by atoms with Gasteiger partial charge in [0.15, 0.2) is 0 Å². The molecule has 1 unspecified atom stereocenters. The van der Waals surface area contributed by atoms with E-state index >= 15 is 0 Å². The predicted octanol–water partition coefficient (Wildman–Crippen LogP) is 3.23. The fraction of sp³-hybridized carbons (Fsp3) is 0.500. The van der Waals surface area contributed by atoms with Crippen LogP contribution in [0.4, 0.5) is 24.7 Å². The molecule has 0 aromatic carbocycles. The molecule has 1 amide bonds. The number of carbonyl (C=O) groups excluding carboxylic acids is 1. The van der Waals surface area contributed by atoms with Gasteiger partial charge in [0.05, 0.1) is 35.2 Å². The SMILES string of the molecule is CC1OC2(CCN(CCc3cccnc3[N+](=O)[O-])CC2)CN(c2cnccc2C(F)(F)F)C1=O. The lowest BCUT2D eigenvalue weighted by molar-refractivity contribution is -0.390. The second-order valence-electron chi connectivity index (χ2n) is 8.59. The number of alkyl halides is 3. The van der Waals surface area contributed by atoms with Crippen molar-refractivity contribution in [1.82, 2.24) is 14.9 Å². The number of anilines is 1. The van der Waals surface area contributed by atoms with Crippen LogP contribution < -0.4 is 4.90 Å².